The average molecular weight is 840 g/mol. The summed E-state index contributed by atoms with van der Waals surface area (Å²) in [5, 5.41) is 2.86. The molecule has 1 aliphatic rings. The quantitative estimate of drug-likeness (QED) is 0.0368. The Morgan fingerprint density at radius 1 is 0.379 bits per heavy atom. The Balaban J connectivity index is 0.000000405. The summed E-state index contributed by atoms with van der Waals surface area (Å²) in [6.07, 6.45) is 50.2. The maximum atomic E-state index is 10.9. The van der Waals surface area contributed by atoms with E-state index in [1.165, 1.54) is 226 Å². The van der Waals surface area contributed by atoms with Crippen LogP contribution in [0.25, 0.3) is 16.9 Å². The van der Waals surface area contributed by atoms with E-state index in [4.69, 9.17) is 0 Å². The minimum atomic E-state index is 0.845. The van der Waals surface area contributed by atoms with Crippen LogP contribution in [0.2, 0.25) is 10.8 Å². The fraction of sp³-hybridized carbons (Fsp3) is 0.709. The van der Waals surface area contributed by atoms with E-state index >= 15 is 0 Å². The van der Waals surface area contributed by atoms with E-state index in [1.54, 1.807) is 0 Å². The standard InChI is InChI=1S/C29H38N2.2C13H27.Ni/c1-3-5-7-8-9-11-13-24-17-19-26(20-18-24)28-21-22-29(31(28)30)27-16-12-15-25(23-27)14-10-6-4-2;2*1-3-5-7-9-11-13-12-10-8-6-4-2;/h12,15-23H,3-11,13-14H2,1-2H3;2*1,3-13H2,2H3;. The molecule has 3 heteroatoms. The van der Waals surface area contributed by atoms with Gasteiger partial charge in [0.15, 0.2) is 0 Å². The van der Waals surface area contributed by atoms with Gasteiger partial charge in [-0.15, -0.1) is 0 Å². The molecular weight excluding hydrogens is 747 g/mol. The molecule has 0 fully saturated rings. The van der Waals surface area contributed by atoms with Gasteiger partial charge in [-0.05, 0) is 61.1 Å². The average Bonchev–Trinajstić information content (AvgIpc) is 3.64. The third-order valence-corrected chi connectivity index (χ3v) is 13.3. The van der Waals surface area contributed by atoms with Crippen molar-refractivity contribution in [3.05, 3.63) is 88.5 Å². The third kappa shape index (κ3) is 26.3. The van der Waals surface area contributed by atoms with Crippen LogP contribution in [-0.4, -0.2) is 4.70 Å². The fourth-order valence-corrected chi connectivity index (χ4v) is 9.24. The third-order valence-electron chi connectivity index (χ3n) is 11.9. The monoisotopic (exact) mass is 839 g/mol. The van der Waals surface area contributed by atoms with Crippen LogP contribution in [-0.2, 0) is 27.3 Å². The van der Waals surface area contributed by atoms with Crippen LogP contribution in [0.15, 0.2) is 60.7 Å². The Bertz CT molecular complexity index is 1280. The topological polar surface area (TPSA) is 25.3 Å². The van der Waals surface area contributed by atoms with Crippen molar-refractivity contribution in [3.8, 4) is 0 Å². The second kappa shape index (κ2) is 38.0. The van der Waals surface area contributed by atoms with Crippen LogP contribution >= 0.6 is 0 Å². The molecule has 0 saturated carbocycles. The number of hydrogen-bond acceptors (Lipinski definition) is 0. The van der Waals surface area contributed by atoms with Crippen LogP contribution in [0, 0.1) is 0 Å². The normalized spacial score (nSPS) is 12.5. The van der Waals surface area contributed by atoms with Crippen molar-refractivity contribution in [2.45, 2.75) is 250 Å². The van der Waals surface area contributed by atoms with Crippen molar-refractivity contribution in [3.63, 3.8) is 0 Å². The van der Waals surface area contributed by atoms with Gasteiger partial charge in [0.25, 0.3) is 0 Å². The van der Waals surface area contributed by atoms with E-state index < -0.39 is 0 Å². The number of benzene rings is 2. The summed E-state index contributed by atoms with van der Waals surface area (Å²) in [5.74, 6) is 0. The molecule has 1 heterocycles. The molecule has 0 amide bonds. The van der Waals surface area contributed by atoms with Crippen molar-refractivity contribution in [2.24, 2.45) is 0 Å². The molecule has 0 aliphatic carbocycles. The fourth-order valence-electron chi connectivity index (χ4n) is 8.01. The van der Waals surface area contributed by atoms with Crippen molar-refractivity contribution in [2.75, 3.05) is 0 Å². The first-order valence-corrected chi connectivity index (χ1v) is 26.6. The Labute approximate surface area is 367 Å². The zero-order valence-corrected chi connectivity index (χ0v) is 39.7. The molecular formula is C55H92N2Ni. The van der Waals surface area contributed by atoms with Gasteiger partial charge in [0, 0.05) is 23.3 Å². The number of aryl methyl sites for hydroxylation is 2. The van der Waals surface area contributed by atoms with Crippen LogP contribution in [0.1, 0.15) is 249 Å². The van der Waals surface area contributed by atoms with E-state index in [1.807, 2.05) is 26.6 Å². The van der Waals surface area contributed by atoms with Gasteiger partial charge in [0.2, 0.25) is 11.4 Å². The summed E-state index contributed by atoms with van der Waals surface area (Å²) in [4.78, 5) is 0. The second-order valence-corrected chi connectivity index (χ2v) is 18.8. The van der Waals surface area contributed by atoms with E-state index in [0.29, 0.717) is 0 Å². The molecule has 0 atom stereocenters. The molecule has 0 radical (unpaired) electrons. The summed E-state index contributed by atoms with van der Waals surface area (Å²) in [6, 6.07) is 17.3. The molecule has 58 heavy (non-hydrogen) atoms. The van der Waals surface area contributed by atoms with E-state index in [0.717, 1.165) is 35.4 Å². The molecule has 0 spiro atoms. The summed E-state index contributed by atoms with van der Waals surface area (Å²) in [7, 11) is 0. The first-order valence-electron chi connectivity index (χ1n) is 25.2. The Morgan fingerprint density at radius 2 is 0.741 bits per heavy atom. The predicted molar refractivity (Wildman–Crippen MR) is 255 cm³/mol. The van der Waals surface area contributed by atoms with Crippen molar-refractivity contribution >= 4 is 11.4 Å². The smallest absolute Gasteiger partial charge is 0.493 e. The van der Waals surface area contributed by atoms with Gasteiger partial charge in [-0.2, -0.15) is 0 Å². The molecule has 0 bridgehead atoms. The van der Waals surface area contributed by atoms with Gasteiger partial charge in [-0.3, -0.25) is 0 Å². The number of rotatable bonds is 37. The first-order chi connectivity index (χ1) is 28.6. The number of unbranched alkanes of at least 4 members (excludes halogenated alkanes) is 27. The summed E-state index contributed by atoms with van der Waals surface area (Å²) >= 11 is 2.03. The summed E-state index contributed by atoms with van der Waals surface area (Å²) in [6.45, 7) is 9.10. The van der Waals surface area contributed by atoms with E-state index in [2.05, 4.69) is 76.2 Å². The molecule has 3 rings (SSSR count). The Hall–Kier alpha value is -1.99. The van der Waals surface area contributed by atoms with Gasteiger partial charge < -0.3 is 5.53 Å². The van der Waals surface area contributed by atoms with Gasteiger partial charge in [-0.25, -0.2) is 4.70 Å². The van der Waals surface area contributed by atoms with Crippen molar-refractivity contribution < 1.29 is 19.1 Å². The molecule has 0 N–H and O–H groups in total. The van der Waals surface area contributed by atoms with Crippen LogP contribution in [0.3, 0.4) is 0 Å². The van der Waals surface area contributed by atoms with Gasteiger partial charge >= 0.3 is 166 Å². The van der Waals surface area contributed by atoms with Crippen molar-refractivity contribution in [1.82, 2.24) is 0 Å². The molecule has 0 unspecified atom stereocenters. The zero-order chi connectivity index (χ0) is 41.6. The number of hydrogen-bond donors (Lipinski definition) is 0. The van der Waals surface area contributed by atoms with Crippen LogP contribution in [0.4, 0.5) is 0 Å². The Kier molecular flexibility index (Phi) is 34.1. The molecule has 2 aromatic carbocycles. The van der Waals surface area contributed by atoms with Gasteiger partial charge in [-0.1, -0.05) is 96.9 Å². The number of allylic oxidation sites excluding steroid dienone is 2. The molecule has 0 aromatic heterocycles. The molecule has 2 nitrogen and oxygen atoms in total. The van der Waals surface area contributed by atoms with Crippen LogP contribution < -0.4 is 0 Å². The minimum Gasteiger partial charge on any atom is -0.493 e. The summed E-state index contributed by atoms with van der Waals surface area (Å²) in [5.41, 5.74) is 17.4. The molecule has 2 aromatic rings. The van der Waals surface area contributed by atoms with Gasteiger partial charge in [0.05, 0.1) is 0 Å². The predicted octanol–water partition coefficient (Wildman–Crippen LogP) is 19.3. The molecule has 332 valence electrons. The first kappa shape index (κ1) is 52.2. The summed E-state index contributed by atoms with van der Waals surface area (Å²) < 4.78 is 1.34. The van der Waals surface area contributed by atoms with E-state index in [-0.39, 0.29) is 0 Å². The minimum absolute atomic E-state index is 0.845. The Morgan fingerprint density at radius 3 is 1.21 bits per heavy atom. The molecule has 1 aliphatic heterocycles. The van der Waals surface area contributed by atoms with Crippen LogP contribution in [0.5, 0.6) is 0 Å². The van der Waals surface area contributed by atoms with Crippen molar-refractivity contribution in [1.29, 1.82) is 0 Å². The SMILES string of the molecule is CCCCCCCCCCCC[CH2][Ni][CH2]CCCCCCCCCCCC.CCCCCCCCc1ccc(C2=CC=C(c3cccc(CCCCC)c3)[N+]2=[N-])cc1. The van der Waals surface area contributed by atoms with E-state index in [9.17, 15) is 5.53 Å². The maximum absolute atomic E-state index is 10.9. The molecule has 0 saturated heterocycles. The van der Waals surface area contributed by atoms with Gasteiger partial charge in [0.1, 0.15) is 0 Å². The zero-order valence-electron chi connectivity index (χ0n) is 38.7. The second-order valence-electron chi connectivity index (χ2n) is 17.3. The number of nitrogens with zero attached hydrogens (tertiary/aromatic N) is 2.